The average Bonchev–Trinajstić information content (AvgIpc) is 3.46. The standard InChI is InChI=1S/C74H143NO5/c1-3-5-7-9-11-13-15-17-19-21-23-24-25-26-28-31-34-38-42-46-50-54-58-62-66-72(77)71(70-76)75-73(78)67-63-59-55-51-47-43-39-35-32-29-27-30-33-37-41-45-49-53-57-61-65-69-80-74(79)68-64-60-56-52-48-44-40-36-22-20-18-16-14-12-10-8-6-4-2/h20,22,29,32,71-72,76-77H,3-19,21,23-28,30-31,33-70H2,1-2H3,(H,75,78)/b22-20-,32-29-. The van der Waals surface area contributed by atoms with Crippen molar-refractivity contribution in [2.45, 2.75) is 424 Å². The molecule has 474 valence electrons. The number of unbranched alkanes of at least 4 members (excludes halogenated alkanes) is 54. The van der Waals surface area contributed by atoms with Gasteiger partial charge in [0.2, 0.25) is 5.91 Å². The number of hydrogen-bond donors (Lipinski definition) is 3. The van der Waals surface area contributed by atoms with Gasteiger partial charge in [0.25, 0.3) is 0 Å². The van der Waals surface area contributed by atoms with Crippen LogP contribution < -0.4 is 5.32 Å². The Balaban J connectivity index is 3.41. The Morgan fingerprint density at radius 1 is 0.338 bits per heavy atom. The van der Waals surface area contributed by atoms with Crippen molar-refractivity contribution in [3.8, 4) is 0 Å². The molecule has 0 aliphatic carbocycles. The maximum Gasteiger partial charge on any atom is 0.305 e. The van der Waals surface area contributed by atoms with Crippen molar-refractivity contribution in [2.75, 3.05) is 13.2 Å². The number of nitrogens with one attached hydrogen (secondary N) is 1. The molecule has 2 atom stereocenters. The zero-order valence-corrected chi connectivity index (χ0v) is 54.3. The molecule has 0 heterocycles. The van der Waals surface area contributed by atoms with E-state index in [0.29, 0.717) is 25.9 Å². The van der Waals surface area contributed by atoms with Crippen molar-refractivity contribution in [3.05, 3.63) is 24.3 Å². The van der Waals surface area contributed by atoms with Gasteiger partial charge in [-0.25, -0.2) is 0 Å². The van der Waals surface area contributed by atoms with E-state index in [-0.39, 0.29) is 18.5 Å². The fourth-order valence-corrected chi connectivity index (χ4v) is 11.6. The summed E-state index contributed by atoms with van der Waals surface area (Å²) in [5.41, 5.74) is 0. The van der Waals surface area contributed by atoms with Gasteiger partial charge in [-0.3, -0.25) is 9.59 Å². The molecule has 6 nitrogen and oxygen atoms in total. The summed E-state index contributed by atoms with van der Waals surface area (Å²) in [4.78, 5) is 24.7. The van der Waals surface area contributed by atoms with E-state index in [4.69, 9.17) is 4.74 Å². The SMILES string of the molecule is CCCCCCCCC/C=C\CCCCCCCCCC(=O)OCCCCCCCCCCCC/C=C\CCCCCCCCCC(=O)NC(CO)C(O)CCCCCCCCCCCCCCCCCCCCCCCCCC. The Labute approximate surface area is 501 Å². The molecule has 1 amide bonds. The van der Waals surface area contributed by atoms with Gasteiger partial charge in [-0.1, -0.05) is 346 Å². The highest BCUT2D eigenvalue weighted by Gasteiger charge is 2.20. The normalized spacial score (nSPS) is 12.6. The Morgan fingerprint density at radius 2 is 0.588 bits per heavy atom. The van der Waals surface area contributed by atoms with Crippen molar-refractivity contribution in [1.29, 1.82) is 0 Å². The molecule has 0 aliphatic rings. The number of allylic oxidation sites excluding steroid dienone is 4. The number of amides is 1. The van der Waals surface area contributed by atoms with Crippen LogP contribution >= 0.6 is 0 Å². The Hall–Kier alpha value is -1.66. The first kappa shape index (κ1) is 78.3. The maximum absolute atomic E-state index is 12.6. The summed E-state index contributed by atoms with van der Waals surface area (Å²) >= 11 is 0. The first-order valence-electron chi connectivity index (χ1n) is 36.6. The number of aliphatic hydroxyl groups is 2. The smallest absolute Gasteiger partial charge is 0.305 e. The van der Waals surface area contributed by atoms with Crippen LogP contribution in [0.5, 0.6) is 0 Å². The van der Waals surface area contributed by atoms with Gasteiger partial charge in [0.05, 0.1) is 25.4 Å². The summed E-state index contributed by atoms with van der Waals surface area (Å²) in [5.74, 6) is -0.0314. The van der Waals surface area contributed by atoms with Crippen LogP contribution in [0.4, 0.5) is 0 Å². The van der Waals surface area contributed by atoms with Crippen LogP contribution in [0.3, 0.4) is 0 Å². The Morgan fingerprint density at radius 3 is 0.887 bits per heavy atom. The zero-order chi connectivity index (χ0) is 57.8. The quantitative estimate of drug-likeness (QED) is 0.0320. The number of carbonyl (C=O) groups is 2. The summed E-state index contributed by atoms with van der Waals surface area (Å²) in [6, 6.07) is -0.549. The number of hydrogen-bond acceptors (Lipinski definition) is 5. The van der Waals surface area contributed by atoms with Crippen LogP contribution in [0, 0.1) is 0 Å². The summed E-state index contributed by atoms with van der Waals surface area (Å²) in [5, 5.41) is 23.4. The van der Waals surface area contributed by atoms with E-state index in [1.165, 1.54) is 334 Å². The predicted octanol–water partition coefficient (Wildman–Crippen LogP) is 23.7. The van der Waals surface area contributed by atoms with E-state index >= 15 is 0 Å². The molecular weight excluding hydrogens is 983 g/mol. The lowest BCUT2D eigenvalue weighted by molar-refractivity contribution is -0.143. The van der Waals surface area contributed by atoms with Crippen LogP contribution in [-0.4, -0.2) is 47.4 Å². The summed E-state index contributed by atoms with van der Waals surface area (Å²) < 4.78 is 5.50. The lowest BCUT2D eigenvalue weighted by Gasteiger charge is -2.22. The van der Waals surface area contributed by atoms with Gasteiger partial charge in [0, 0.05) is 12.8 Å². The second-order valence-corrected chi connectivity index (χ2v) is 25.3. The largest absolute Gasteiger partial charge is 0.466 e. The van der Waals surface area contributed by atoms with Crippen LogP contribution in [0.1, 0.15) is 412 Å². The van der Waals surface area contributed by atoms with Crippen molar-refractivity contribution in [3.63, 3.8) is 0 Å². The maximum atomic E-state index is 12.6. The second kappa shape index (κ2) is 69.8. The lowest BCUT2D eigenvalue weighted by atomic mass is 10.0. The highest BCUT2D eigenvalue weighted by Crippen LogP contribution is 2.19. The van der Waals surface area contributed by atoms with Crippen molar-refractivity contribution in [1.82, 2.24) is 5.32 Å². The fourth-order valence-electron chi connectivity index (χ4n) is 11.6. The predicted molar refractivity (Wildman–Crippen MR) is 352 cm³/mol. The molecule has 0 saturated heterocycles. The lowest BCUT2D eigenvalue weighted by Crippen LogP contribution is -2.45. The van der Waals surface area contributed by atoms with E-state index in [9.17, 15) is 19.8 Å². The first-order valence-corrected chi connectivity index (χ1v) is 36.6. The van der Waals surface area contributed by atoms with Gasteiger partial charge in [0.15, 0.2) is 0 Å². The topological polar surface area (TPSA) is 95.9 Å². The molecule has 0 fully saturated rings. The van der Waals surface area contributed by atoms with Gasteiger partial charge in [-0.15, -0.1) is 0 Å². The number of carbonyl (C=O) groups excluding carboxylic acids is 2. The molecule has 0 rings (SSSR count). The Bertz CT molecular complexity index is 1250. The van der Waals surface area contributed by atoms with Crippen molar-refractivity contribution < 1.29 is 24.5 Å². The third kappa shape index (κ3) is 65.5. The molecule has 0 aliphatic heterocycles. The average molecular weight is 1130 g/mol. The molecule has 0 aromatic rings. The van der Waals surface area contributed by atoms with Crippen LogP contribution in [0.2, 0.25) is 0 Å². The molecule has 0 aromatic carbocycles. The number of ether oxygens (including phenoxy) is 1. The van der Waals surface area contributed by atoms with Gasteiger partial charge in [-0.05, 0) is 77.0 Å². The van der Waals surface area contributed by atoms with Crippen LogP contribution in [-0.2, 0) is 14.3 Å². The minimum Gasteiger partial charge on any atom is -0.466 e. The molecule has 0 saturated carbocycles. The van der Waals surface area contributed by atoms with Crippen molar-refractivity contribution >= 4 is 11.9 Å². The third-order valence-electron chi connectivity index (χ3n) is 17.2. The van der Waals surface area contributed by atoms with E-state index in [1.807, 2.05) is 0 Å². The molecule has 0 bridgehead atoms. The van der Waals surface area contributed by atoms with E-state index in [2.05, 4.69) is 43.5 Å². The molecule has 0 spiro atoms. The monoisotopic (exact) mass is 1130 g/mol. The number of esters is 1. The van der Waals surface area contributed by atoms with Crippen molar-refractivity contribution in [2.24, 2.45) is 0 Å². The van der Waals surface area contributed by atoms with Gasteiger partial charge in [-0.2, -0.15) is 0 Å². The molecule has 0 aromatic heterocycles. The van der Waals surface area contributed by atoms with E-state index in [1.54, 1.807) is 0 Å². The molecule has 80 heavy (non-hydrogen) atoms. The highest BCUT2D eigenvalue weighted by atomic mass is 16.5. The molecule has 6 heteroatoms. The fraction of sp³-hybridized carbons (Fsp3) is 0.919. The summed E-state index contributed by atoms with van der Waals surface area (Å²) in [7, 11) is 0. The summed E-state index contributed by atoms with van der Waals surface area (Å²) in [6.45, 7) is 4.98. The van der Waals surface area contributed by atoms with E-state index < -0.39 is 12.1 Å². The van der Waals surface area contributed by atoms with E-state index in [0.717, 1.165) is 44.9 Å². The van der Waals surface area contributed by atoms with Crippen LogP contribution in [0.25, 0.3) is 0 Å². The minimum atomic E-state index is -0.671. The number of rotatable bonds is 69. The van der Waals surface area contributed by atoms with Gasteiger partial charge >= 0.3 is 5.97 Å². The minimum absolute atomic E-state index is 0.00652. The highest BCUT2D eigenvalue weighted by molar-refractivity contribution is 5.76. The first-order chi connectivity index (χ1) is 39.5. The third-order valence-corrected chi connectivity index (χ3v) is 17.2. The Kier molecular flexibility index (Phi) is 68.4. The molecular formula is C74H143NO5. The molecule has 2 unspecified atom stereocenters. The molecule has 3 N–H and O–H groups in total. The van der Waals surface area contributed by atoms with Gasteiger partial charge in [0.1, 0.15) is 0 Å². The number of aliphatic hydroxyl groups excluding tert-OH is 2. The zero-order valence-electron chi connectivity index (χ0n) is 54.3. The van der Waals surface area contributed by atoms with Crippen LogP contribution in [0.15, 0.2) is 24.3 Å². The summed E-state index contributed by atoms with van der Waals surface area (Å²) in [6.07, 6.45) is 88.0. The second-order valence-electron chi connectivity index (χ2n) is 25.3. The van der Waals surface area contributed by atoms with Gasteiger partial charge < -0.3 is 20.3 Å². The molecule has 0 radical (unpaired) electrons.